The standard InChI is InChI=1S/C24H24Cl2N2O4S/c1-4-21(32-22-10-5-7-15(2)16(22)3)24(29)27-17-11-13-18(14-12-17)33(30,31)28-20-9-6-8-19(25)23(20)26/h5-14,21,28H,4H2,1-3H3,(H,27,29). The molecule has 0 heterocycles. The monoisotopic (exact) mass is 506 g/mol. The first kappa shape index (κ1) is 24.9. The maximum Gasteiger partial charge on any atom is 0.265 e. The Morgan fingerprint density at radius 3 is 2.33 bits per heavy atom. The Morgan fingerprint density at radius 1 is 1.00 bits per heavy atom. The zero-order valence-corrected chi connectivity index (χ0v) is 20.7. The van der Waals surface area contributed by atoms with Crippen LogP contribution in [0.3, 0.4) is 0 Å². The molecule has 1 atom stereocenters. The molecular weight excluding hydrogens is 483 g/mol. The van der Waals surface area contributed by atoms with E-state index in [9.17, 15) is 13.2 Å². The topological polar surface area (TPSA) is 84.5 Å². The first-order chi connectivity index (χ1) is 15.6. The zero-order chi connectivity index (χ0) is 24.2. The molecule has 0 fully saturated rings. The lowest BCUT2D eigenvalue weighted by Crippen LogP contribution is -2.32. The average Bonchev–Trinajstić information content (AvgIpc) is 2.78. The molecule has 1 amide bonds. The number of rotatable bonds is 8. The third-order valence-electron chi connectivity index (χ3n) is 5.12. The smallest absolute Gasteiger partial charge is 0.265 e. The van der Waals surface area contributed by atoms with Crippen molar-refractivity contribution in [1.82, 2.24) is 0 Å². The number of hydrogen-bond donors (Lipinski definition) is 2. The van der Waals surface area contributed by atoms with Gasteiger partial charge in [-0.2, -0.15) is 0 Å². The number of amides is 1. The average molecular weight is 507 g/mol. The number of hydrogen-bond acceptors (Lipinski definition) is 4. The second kappa shape index (κ2) is 10.5. The van der Waals surface area contributed by atoms with Crippen LogP contribution in [0.1, 0.15) is 24.5 Å². The van der Waals surface area contributed by atoms with E-state index in [0.29, 0.717) is 17.9 Å². The lowest BCUT2D eigenvalue weighted by molar-refractivity contribution is -0.122. The molecule has 9 heteroatoms. The normalized spacial score (nSPS) is 12.2. The van der Waals surface area contributed by atoms with Crippen LogP contribution in [0.25, 0.3) is 0 Å². The van der Waals surface area contributed by atoms with E-state index >= 15 is 0 Å². The molecule has 3 aromatic rings. The molecule has 174 valence electrons. The number of aryl methyl sites for hydroxylation is 1. The van der Waals surface area contributed by atoms with E-state index in [1.807, 2.05) is 39.0 Å². The minimum Gasteiger partial charge on any atom is -0.480 e. The van der Waals surface area contributed by atoms with Gasteiger partial charge in [-0.1, -0.05) is 48.3 Å². The highest BCUT2D eigenvalue weighted by Gasteiger charge is 2.21. The fourth-order valence-corrected chi connectivity index (χ4v) is 4.53. The fraction of sp³-hybridized carbons (Fsp3) is 0.208. The molecule has 0 aliphatic carbocycles. The quantitative estimate of drug-likeness (QED) is 0.380. The molecule has 0 radical (unpaired) electrons. The van der Waals surface area contributed by atoms with E-state index in [1.54, 1.807) is 12.1 Å². The first-order valence-corrected chi connectivity index (χ1v) is 12.5. The second-order valence-corrected chi connectivity index (χ2v) is 9.90. The number of ether oxygens (including phenoxy) is 1. The van der Waals surface area contributed by atoms with E-state index in [-0.39, 0.29) is 26.5 Å². The number of carbonyl (C=O) groups is 1. The van der Waals surface area contributed by atoms with Crippen molar-refractivity contribution in [3.05, 3.63) is 81.8 Å². The Hall–Kier alpha value is -2.74. The largest absolute Gasteiger partial charge is 0.480 e. The molecule has 0 aromatic heterocycles. The Morgan fingerprint density at radius 2 is 1.67 bits per heavy atom. The SMILES string of the molecule is CCC(Oc1cccc(C)c1C)C(=O)Nc1ccc(S(=O)(=O)Nc2cccc(Cl)c2Cl)cc1. The van der Waals surface area contributed by atoms with E-state index in [0.717, 1.165) is 11.1 Å². The van der Waals surface area contributed by atoms with Crippen molar-refractivity contribution in [3.63, 3.8) is 0 Å². The van der Waals surface area contributed by atoms with Crippen LogP contribution in [0.2, 0.25) is 10.0 Å². The van der Waals surface area contributed by atoms with Crippen molar-refractivity contribution in [1.29, 1.82) is 0 Å². The molecule has 3 aromatic carbocycles. The molecule has 0 spiro atoms. The van der Waals surface area contributed by atoms with Crippen molar-refractivity contribution in [2.75, 3.05) is 10.0 Å². The summed E-state index contributed by atoms with van der Waals surface area (Å²) in [6, 6.07) is 16.2. The van der Waals surface area contributed by atoms with Gasteiger partial charge in [0.2, 0.25) is 0 Å². The molecule has 2 N–H and O–H groups in total. The van der Waals surface area contributed by atoms with Crippen LogP contribution >= 0.6 is 23.2 Å². The number of sulfonamides is 1. The molecular formula is C24H24Cl2N2O4S. The Kier molecular flexibility index (Phi) is 7.89. The predicted molar refractivity (Wildman–Crippen MR) is 133 cm³/mol. The molecule has 0 aliphatic heterocycles. The Labute approximate surface area is 203 Å². The zero-order valence-electron chi connectivity index (χ0n) is 18.4. The number of halogens is 2. The van der Waals surface area contributed by atoms with Crippen LogP contribution in [-0.4, -0.2) is 20.4 Å². The van der Waals surface area contributed by atoms with Crippen molar-refractivity contribution in [2.45, 2.75) is 38.2 Å². The van der Waals surface area contributed by atoms with Crippen LogP contribution in [0.4, 0.5) is 11.4 Å². The number of carbonyl (C=O) groups excluding carboxylic acids is 1. The van der Waals surface area contributed by atoms with Crippen molar-refractivity contribution < 1.29 is 17.9 Å². The first-order valence-electron chi connectivity index (χ1n) is 10.2. The number of anilines is 2. The lowest BCUT2D eigenvalue weighted by Gasteiger charge is -2.19. The maximum atomic E-state index is 12.7. The summed E-state index contributed by atoms with van der Waals surface area (Å²) in [7, 11) is -3.90. The van der Waals surface area contributed by atoms with E-state index in [4.69, 9.17) is 27.9 Å². The minimum absolute atomic E-state index is 0.00946. The van der Waals surface area contributed by atoms with Gasteiger partial charge in [-0.25, -0.2) is 8.42 Å². The van der Waals surface area contributed by atoms with Gasteiger partial charge in [0, 0.05) is 5.69 Å². The molecule has 1 unspecified atom stereocenters. The van der Waals surface area contributed by atoms with Crippen LogP contribution in [0.5, 0.6) is 5.75 Å². The predicted octanol–water partition coefficient (Wildman–Crippen LogP) is 6.21. The third-order valence-corrected chi connectivity index (χ3v) is 7.32. The summed E-state index contributed by atoms with van der Waals surface area (Å²) < 4.78 is 33.7. The van der Waals surface area contributed by atoms with E-state index in [2.05, 4.69) is 10.0 Å². The molecule has 0 bridgehead atoms. The molecule has 0 saturated heterocycles. The van der Waals surface area contributed by atoms with Gasteiger partial charge in [-0.15, -0.1) is 0 Å². The second-order valence-electron chi connectivity index (χ2n) is 7.43. The Bertz CT molecular complexity index is 1260. The summed E-state index contributed by atoms with van der Waals surface area (Å²) in [4.78, 5) is 12.8. The van der Waals surface area contributed by atoms with Gasteiger partial charge in [-0.05, 0) is 73.9 Å². The molecule has 3 rings (SSSR count). The summed E-state index contributed by atoms with van der Waals surface area (Å²) in [5.74, 6) is 0.335. The summed E-state index contributed by atoms with van der Waals surface area (Å²) in [6.07, 6.45) is -0.226. The number of benzene rings is 3. The van der Waals surface area contributed by atoms with E-state index < -0.39 is 16.1 Å². The van der Waals surface area contributed by atoms with Crippen LogP contribution in [-0.2, 0) is 14.8 Å². The highest BCUT2D eigenvalue weighted by molar-refractivity contribution is 7.92. The van der Waals surface area contributed by atoms with E-state index in [1.165, 1.54) is 30.3 Å². The summed E-state index contributed by atoms with van der Waals surface area (Å²) in [6.45, 7) is 5.78. The fourth-order valence-electron chi connectivity index (χ4n) is 3.05. The van der Waals surface area contributed by atoms with Crippen molar-refractivity contribution in [3.8, 4) is 5.75 Å². The van der Waals surface area contributed by atoms with Gasteiger partial charge in [0.05, 0.1) is 20.6 Å². The number of nitrogens with one attached hydrogen (secondary N) is 2. The third kappa shape index (κ3) is 5.99. The summed E-state index contributed by atoms with van der Waals surface area (Å²) >= 11 is 12.0. The molecule has 0 aliphatic rings. The van der Waals surface area contributed by atoms with Crippen molar-refractivity contribution >= 4 is 50.5 Å². The van der Waals surface area contributed by atoms with Gasteiger partial charge in [-0.3, -0.25) is 9.52 Å². The molecule has 33 heavy (non-hydrogen) atoms. The van der Waals surface area contributed by atoms with Gasteiger partial charge in [0.15, 0.2) is 6.10 Å². The van der Waals surface area contributed by atoms with Crippen LogP contribution < -0.4 is 14.8 Å². The molecule has 6 nitrogen and oxygen atoms in total. The highest BCUT2D eigenvalue weighted by atomic mass is 35.5. The van der Waals surface area contributed by atoms with Crippen LogP contribution in [0, 0.1) is 13.8 Å². The summed E-state index contributed by atoms with van der Waals surface area (Å²) in [5, 5.41) is 3.13. The Balaban J connectivity index is 1.70. The van der Waals surface area contributed by atoms with Gasteiger partial charge < -0.3 is 10.1 Å². The lowest BCUT2D eigenvalue weighted by atomic mass is 10.1. The highest BCUT2D eigenvalue weighted by Crippen LogP contribution is 2.31. The van der Waals surface area contributed by atoms with Crippen molar-refractivity contribution in [2.24, 2.45) is 0 Å². The van der Waals surface area contributed by atoms with Gasteiger partial charge in [0.1, 0.15) is 5.75 Å². The maximum absolute atomic E-state index is 12.7. The van der Waals surface area contributed by atoms with Crippen LogP contribution in [0.15, 0.2) is 65.6 Å². The van der Waals surface area contributed by atoms with Gasteiger partial charge in [0.25, 0.3) is 15.9 Å². The van der Waals surface area contributed by atoms with Gasteiger partial charge >= 0.3 is 0 Å². The molecule has 0 saturated carbocycles. The summed E-state index contributed by atoms with van der Waals surface area (Å²) in [5.41, 5.74) is 2.68. The minimum atomic E-state index is -3.90.